The van der Waals surface area contributed by atoms with Gasteiger partial charge in [-0.15, -0.1) is 11.3 Å². The van der Waals surface area contributed by atoms with Gasteiger partial charge in [0.25, 0.3) is 0 Å². The number of hydrogen-bond donors (Lipinski definition) is 1. The van der Waals surface area contributed by atoms with Crippen LogP contribution in [-0.4, -0.2) is 10.5 Å². The van der Waals surface area contributed by atoms with Gasteiger partial charge in [0, 0.05) is 41.0 Å². The average molecular weight is 407 g/mol. The summed E-state index contributed by atoms with van der Waals surface area (Å²) in [5.41, 5.74) is 3.57. The van der Waals surface area contributed by atoms with E-state index in [1.54, 1.807) is 28.0 Å². The highest BCUT2D eigenvalue weighted by Crippen LogP contribution is 2.28. The molecule has 0 spiro atoms. The first kappa shape index (κ1) is 19.4. The van der Waals surface area contributed by atoms with Gasteiger partial charge in [0.15, 0.2) is 0 Å². The van der Waals surface area contributed by atoms with Crippen LogP contribution in [0.3, 0.4) is 0 Å². The van der Waals surface area contributed by atoms with Crippen molar-refractivity contribution >= 4 is 28.2 Å². The van der Waals surface area contributed by atoms with Gasteiger partial charge in [-0.25, -0.2) is 4.39 Å². The van der Waals surface area contributed by atoms with E-state index in [2.05, 4.69) is 5.32 Å². The number of nitrogens with one attached hydrogen (secondary N) is 1. The number of aryl methyl sites for hydroxylation is 1. The topological polar surface area (TPSA) is 57.1 Å². The van der Waals surface area contributed by atoms with Crippen LogP contribution in [0.1, 0.15) is 32.1 Å². The zero-order valence-corrected chi connectivity index (χ0v) is 16.8. The molecule has 148 valence electrons. The summed E-state index contributed by atoms with van der Waals surface area (Å²) in [6.45, 7) is 3.38. The average Bonchev–Trinajstić information content (AvgIpc) is 3.30. The molecule has 0 atom stereocenters. The molecule has 0 fully saturated rings. The van der Waals surface area contributed by atoms with Crippen molar-refractivity contribution in [3.63, 3.8) is 0 Å². The van der Waals surface area contributed by atoms with Crippen molar-refractivity contribution in [2.24, 2.45) is 0 Å². The number of aromatic nitrogens is 1. The molecule has 2 heterocycles. The second-order valence-corrected chi connectivity index (χ2v) is 8.06. The van der Waals surface area contributed by atoms with E-state index in [-0.39, 0.29) is 11.5 Å². The molecule has 0 aliphatic heterocycles. The number of fused-ring (bicyclic) bond motifs is 1. The zero-order chi connectivity index (χ0) is 20.4. The Balaban J connectivity index is 1.76. The minimum Gasteiger partial charge on any atom is -0.543 e. The number of rotatable bonds is 7. The van der Waals surface area contributed by atoms with Crippen molar-refractivity contribution in [3.8, 4) is 0 Å². The monoisotopic (exact) mass is 407 g/mol. The standard InChI is InChI=1S/C23H21FN2O2S/c1-15-4-9-19-20(13-25-12-18-3-2-10-29-18)22(23(27)28)26(21(19)11-15)14-16-5-7-17(24)8-6-16/h2-11,25H,12-14H2,1H3,(H,27,28)/p-1. The highest BCUT2D eigenvalue weighted by molar-refractivity contribution is 7.09. The molecule has 0 amide bonds. The second-order valence-electron chi connectivity index (χ2n) is 7.03. The number of nitrogens with zero attached hydrogens (tertiary/aromatic N) is 1. The minimum atomic E-state index is -1.21. The lowest BCUT2D eigenvalue weighted by atomic mass is 10.1. The highest BCUT2D eigenvalue weighted by atomic mass is 32.1. The van der Waals surface area contributed by atoms with Gasteiger partial charge in [-0.3, -0.25) is 0 Å². The normalized spacial score (nSPS) is 11.2. The summed E-state index contributed by atoms with van der Waals surface area (Å²) < 4.78 is 15.0. The smallest absolute Gasteiger partial charge is 0.123 e. The summed E-state index contributed by atoms with van der Waals surface area (Å²) in [5.74, 6) is -1.53. The van der Waals surface area contributed by atoms with E-state index in [1.165, 1.54) is 17.0 Å². The van der Waals surface area contributed by atoms with Crippen LogP contribution in [0.25, 0.3) is 10.9 Å². The Morgan fingerprint density at radius 1 is 1.14 bits per heavy atom. The molecule has 2 aromatic heterocycles. The van der Waals surface area contributed by atoms with Gasteiger partial charge < -0.3 is 19.8 Å². The Labute approximate surface area is 172 Å². The lowest BCUT2D eigenvalue weighted by molar-refractivity contribution is -0.255. The first-order chi connectivity index (χ1) is 14.0. The Kier molecular flexibility index (Phi) is 5.47. The molecule has 6 heteroatoms. The summed E-state index contributed by atoms with van der Waals surface area (Å²) in [6.07, 6.45) is 0. The molecule has 4 aromatic rings. The van der Waals surface area contributed by atoms with Crippen molar-refractivity contribution in [1.82, 2.24) is 9.88 Å². The van der Waals surface area contributed by atoms with E-state index >= 15 is 0 Å². The molecular weight excluding hydrogens is 387 g/mol. The summed E-state index contributed by atoms with van der Waals surface area (Å²) in [5, 5.41) is 18.4. The number of halogens is 1. The summed E-state index contributed by atoms with van der Waals surface area (Å²) in [6, 6.07) is 16.1. The van der Waals surface area contributed by atoms with Gasteiger partial charge in [-0.2, -0.15) is 0 Å². The predicted molar refractivity (Wildman–Crippen MR) is 111 cm³/mol. The number of carbonyl (C=O) groups is 1. The van der Waals surface area contributed by atoms with E-state index in [1.807, 2.05) is 42.6 Å². The highest BCUT2D eigenvalue weighted by Gasteiger charge is 2.18. The van der Waals surface area contributed by atoms with Gasteiger partial charge in [-0.05, 0) is 47.7 Å². The van der Waals surface area contributed by atoms with E-state index < -0.39 is 5.97 Å². The zero-order valence-electron chi connectivity index (χ0n) is 15.9. The van der Waals surface area contributed by atoms with E-state index in [0.717, 1.165) is 22.0 Å². The maximum atomic E-state index is 13.3. The molecule has 29 heavy (non-hydrogen) atoms. The molecule has 4 nitrogen and oxygen atoms in total. The number of carbonyl (C=O) groups excluding carboxylic acids is 1. The van der Waals surface area contributed by atoms with Crippen LogP contribution in [0.4, 0.5) is 4.39 Å². The quantitative estimate of drug-likeness (QED) is 0.506. The fourth-order valence-corrected chi connectivity index (χ4v) is 4.28. The fourth-order valence-electron chi connectivity index (χ4n) is 3.60. The van der Waals surface area contributed by atoms with Crippen molar-refractivity contribution in [1.29, 1.82) is 0 Å². The number of aromatic carboxylic acids is 1. The van der Waals surface area contributed by atoms with Crippen molar-refractivity contribution in [2.75, 3.05) is 0 Å². The number of benzene rings is 2. The van der Waals surface area contributed by atoms with Gasteiger partial charge in [0.2, 0.25) is 0 Å². The third-order valence-corrected chi connectivity index (χ3v) is 5.83. The van der Waals surface area contributed by atoms with Gasteiger partial charge in [0.05, 0.1) is 11.7 Å². The van der Waals surface area contributed by atoms with Gasteiger partial charge in [-0.1, -0.05) is 30.3 Å². The lowest BCUT2D eigenvalue weighted by Crippen LogP contribution is -2.28. The first-order valence-electron chi connectivity index (χ1n) is 9.33. The number of carboxylic acids is 1. The van der Waals surface area contributed by atoms with Crippen LogP contribution in [0.15, 0.2) is 60.0 Å². The Morgan fingerprint density at radius 3 is 2.62 bits per heavy atom. The van der Waals surface area contributed by atoms with Crippen molar-refractivity contribution < 1.29 is 14.3 Å². The number of carboxylic acid groups (broad SMARTS) is 1. The van der Waals surface area contributed by atoms with Crippen LogP contribution < -0.4 is 10.4 Å². The van der Waals surface area contributed by atoms with Crippen LogP contribution in [0.2, 0.25) is 0 Å². The summed E-state index contributed by atoms with van der Waals surface area (Å²) >= 11 is 1.66. The molecule has 0 bridgehead atoms. The molecule has 1 N–H and O–H groups in total. The SMILES string of the molecule is Cc1ccc2c(CNCc3cccs3)c(C(=O)[O-])n(Cc3ccc(F)cc3)c2c1. The number of thiophene rings is 1. The van der Waals surface area contributed by atoms with Crippen LogP contribution in [0, 0.1) is 12.7 Å². The number of hydrogen-bond acceptors (Lipinski definition) is 4. The second kappa shape index (κ2) is 8.19. The first-order valence-corrected chi connectivity index (χ1v) is 10.2. The fraction of sp³-hybridized carbons (Fsp3) is 0.174. The van der Waals surface area contributed by atoms with E-state index in [9.17, 15) is 14.3 Å². The largest absolute Gasteiger partial charge is 0.543 e. The molecule has 0 aliphatic carbocycles. The third kappa shape index (κ3) is 4.09. The maximum absolute atomic E-state index is 13.3. The molecule has 2 aromatic carbocycles. The molecule has 0 saturated carbocycles. The summed E-state index contributed by atoms with van der Waals surface area (Å²) in [7, 11) is 0. The minimum absolute atomic E-state index is 0.161. The molecule has 0 aliphatic rings. The van der Waals surface area contributed by atoms with Crippen molar-refractivity contribution in [3.05, 3.63) is 93.1 Å². The maximum Gasteiger partial charge on any atom is 0.123 e. The van der Waals surface area contributed by atoms with Gasteiger partial charge >= 0.3 is 0 Å². The van der Waals surface area contributed by atoms with E-state index in [0.29, 0.717) is 25.2 Å². The van der Waals surface area contributed by atoms with Gasteiger partial charge in [0.1, 0.15) is 5.82 Å². The third-order valence-electron chi connectivity index (χ3n) is 4.95. The predicted octanol–water partition coefficient (Wildman–Crippen LogP) is 3.85. The van der Waals surface area contributed by atoms with E-state index in [4.69, 9.17) is 0 Å². The lowest BCUT2D eigenvalue weighted by Gasteiger charge is -2.14. The van der Waals surface area contributed by atoms with Crippen molar-refractivity contribution in [2.45, 2.75) is 26.6 Å². The summed E-state index contributed by atoms with van der Waals surface area (Å²) in [4.78, 5) is 13.3. The molecule has 4 rings (SSSR count). The van der Waals surface area contributed by atoms with Crippen LogP contribution in [0.5, 0.6) is 0 Å². The molecule has 0 saturated heterocycles. The molecular formula is C23H20FN2O2S-. The van der Waals surface area contributed by atoms with Crippen LogP contribution in [-0.2, 0) is 19.6 Å². The Bertz CT molecular complexity index is 1150. The Hall–Kier alpha value is -2.96. The molecule has 0 unspecified atom stereocenters. The van der Waals surface area contributed by atoms with Crippen LogP contribution >= 0.6 is 11.3 Å². The molecule has 0 radical (unpaired) electrons. The Morgan fingerprint density at radius 2 is 1.93 bits per heavy atom.